The number of benzene rings is 1. The van der Waals surface area contributed by atoms with Crippen LogP contribution in [0, 0.1) is 0 Å². The van der Waals surface area contributed by atoms with Gasteiger partial charge in [-0.15, -0.1) is 0 Å². The molecule has 0 bridgehead atoms. The molecule has 0 aliphatic carbocycles. The number of nitrogens with zero attached hydrogens (tertiary/aromatic N) is 3. The van der Waals surface area contributed by atoms with Crippen LogP contribution in [0.3, 0.4) is 0 Å². The lowest BCUT2D eigenvalue weighted by molar-refractivity contribution is -0.138. The van der Waals surface area contributed by atoms with Crippen LogP contribution in [0.25, 0.3) is 0 Å². The average Bonchev–Trinajstić information content (AvgIpc) is 2.69. The van der Waals surface area contributed by atoms with E-state index in [2.05, 4.69) is 23.6 Å². The van der Waals surface area contributed by atoms with Crippen LogP contribution in [0.5, 0.6) is 5.75 Å². The van der Waals surface area contributed by atoms with Gasteiger partial charge in [-0.25, -0.2) is 0 Å². The Morgan fingerprint density at radius 3 is 2.59 bits per heavy atom. The first-order valence-electron chi connectivity index (χ1n) is 10.2. The van der Waals surface area contributed by atoms with Gasteiger partial charge in [0.05, 0.1) is 19.1 Å². The molecule has 2 saturated heterocycles. The summed E-state index contributed by atoms with van der Waals surface area (Å²) in [6, 6.07) is 10.4. The zero-order valence-corrected chi connectivity index (χ0v) is 16.7. The van der Waals surface area contributed by atoms with Crippen molar-refractivity contribution in [3.63, 3.8) is 0 Å². The van der Waals surface area contributed by atoms with Gasteiger partial charge >= 0.3 is 0 Å². The molecule has 1 aromatic carbocycles. The van der Waals surface area contributed by atoms with E-state index in [4.69, 9.17) is 9.47 Å². The summed E-state index contributed by atoms with van der Waals surface area (Å²) in [5, 5.41) is 0. The summed E-state index contributed by atoms with van der Waals surface area (Å²) in [7, 11) is 0. The molecule has 27 heavy (non-hydrogen) atoms. The molecule has 2 fully saturated rings. The number of ether oxygens (including phenoxy) is 2. The molecule has 1 unspecified atom stereocenters. The van der Waals surface area contributed by atoms with Crippen molar-refractivity contribution in [2.24, 2.45) is 0 Å². The summed E-state index contributed by atoms with van der Waals surface area (Å²) in [6.07, 6.45) is 0.534. The van der Waals surface area contributed by atoms with E-state index in [1.165, 1.54) is 0 Å². The molecule has 0 N–H and O–H groups in total. The van der Waals surface area contributed by atoms with Crippen LogP contribution >= 0.6 is 0 Å². The first kappa shape index (κ1) is 20.1. The zero-order chi connectivity index (χ0) is 19.1. The minimum Gasteiger partial charge on any atom is -0.492 e. The third-order valence-electron chi connectivity index (χ3n) is 5.45. The second-order valence-corrected chi connectivity index (χ2v) is 7.67. The molecule has 2 heterocycles. The van der Waals surface area contributed by atoms with Gasteiger partial charge in [0, 0.05) is 51.9 Å². The number of hydrogen-bond donors (Lipinski definition) is 0. The summed E-state index contributed by atoms with van der Waals surface area (Å²) in [5.74, 6) is 1.14. The Morgan fingerprint density at radius 1 is 1.15 bits per heavy atom. The summed E-state index contributed by atoms with van der Waals surface area (Å²) in [6.45, 7) is 11.9. The largest absolute Gasteiger partial charge is 0.492 e. The maximum Gasteiger partial charge on any atom is 0.225 e. The first-order valence-corrected chi connectivity index (χ1v) is 10.2. The van der Waals surface area contributed by atoms with Gasteiger partial charge in [-0.2, -0.15) is 0 Å². The summed E-state index contributed by atoms with van der Waals surface area (Å²) < 4.78 is 11.6. The topological polar surface area (TPSA) is 45.2 Å². The van der Waals surface area contributed by atoms with Crippen molar-refractivity contribution < 1.29 is 14.3 Å². The van der Waals surface area contributed by atoms with Crippen LogP contribution in [-0.4, -0.2) is 91.8 Å². The van der Waals surface area contributed by atoms with E-state index in [9.17, 15) is 4.79 Å². The van der Waals surface area contributed by atoms with E-state index in [0.717, 1.165) is 58.2 Å². The predicted molar refractivity (Wildman–Crippen MR) is 106 cm³/mol. The lowest BCUT2D eigenvalue weighted by Crippen LogP contribution is -2.51. The highest BCUT2D eigenvalue weighted by atomic mass is 16.5. The van der Waals surface area contributed by atoms with Crippen LogP contribution in [-0.2, 0) is 9.53 Å². The van der Waals surface area contributed by atoms with Crippen molar-refractivity contribution in [2.75, 3.05) is 59.0 Å². The number of carbonyl (C=O) groups excluding carboxylic acids is 1. The van der Waals surface area contributed by atoms with Gasteiger partial charge < -0.3 is 14.4 Å². The Bertz CT molecular complexity index is 573. The number of amides is 1. The molecule has 0 radical (unpaired) electrons. The van der Waals surface area contributed by atoms with Gasteiger partial charge in [0.1, 0.15) is 12.4 Å². The molecule has 2 aliphatic rings. The molecule has 6 heteroatoms. The van der Waals surface area contributed by atoms with E-state index in [-0.39, 0.29) is 12.0 Å². The lowest BCUT2D eigenvalue weighted by Gasteiger charge is -2.38. The number of morpholine rings is 1. The Kier molecular flexibility index (Phi) is 7.50. The van der Waals surface area contributed by atoms with Crippen LogP contribution < -0.4 is 4.74 Å². The highest BCUT2D eigenvalue weighted by molar-refractivity contribution is 5.76. The Morgan fingerprint density at radius 2 is 1.89 bits per heavy atom. The molecule has 1 atom stereocenters. The van der Waals surface area contributed by atoms with Crippen molar-refractivity contribution in [2.45, 2.75) is 32.4 Å². The molecule has 150 valence electrons. The number of piperazine rings is 1. The van der Waals surface area contributed by atoms with Crippen LogP contribution in [0.1, 0.15) is 20.3 Å². The molecule has 6 nitrogen and oxygen atoms in total. The summed E-state index contributed by atoms with van der Waals surface area (Å²) in [4.78, 5) is 19.4. The van der Waals surface area contributed by atoms with Crippen LogP contribution in [0.15, 0.2) is 30.3 Å². The average molecular weight is 376 g/mol. The number of hydrogen-bond acceptors (Lipinski definition) is 5. The third-order valence-corrected chi connectivity index (χ3v) is 5.45. The SMILES string of the molecule is CC(C)N1CCOC(CC(=O)N2CCN(CCOc3ccccc3)CC2)C1. The highest BCUT2D eigenvalue weighted by Gasteiger charge is 2.27. The van der Waals surface area contributed by atoms with Crippen molar-refractivity contribution in [3.05, 3.63) is 30.3 Å². The summed E-state index contributed by atoms with van der Waals surface area (Å²) in [5.41, 5.74) is 0. The molecular weight excluding hydrogens is 342 g/mol. The van der Waals surface area contributed by atoms with Crippen molar-refractivity contribution in [3.8, 4) is 5.75 Å². The maximum atomic E-state index is 12.6. The lowest BCUT2D eigenvalue weighted by atomic mass is 10.1. The van der Waals surface area contributed by atoms with E-state index in [1.54, 1.807) is 0 Å². The second-order valence-electron chi connectivity index (χ2n) is 7.67. The molecular formula is C21H33N3O3. The summed E-state index contributed by atoms with van der Waals surface area (Å²) >= 11 is 0. The van der Waals surface area contributed by atoms with Crippen LogP contribution in [0.2, 0.25) is 0 Å². The zero-order valence-electron chi connectivity index (χ0n) is 16.7. The van der Waals surface area contributed by atoms with Crippen LogP contribution in [0.4, 0.5) is 0 Å². The third kappa shape index (κ3) is 6.19. The Balaban J connectivity index is 1.34. The first-order chi connectivity index (χ1) is 13.1. The number of rotatable bonds is 7. The van der Waals surface area contributed by atoms with Gasteiger partial charge in [-0.1, -0.05) is 18.2 Å². The molecule has 0 spiro atoms. The molecule has 2 aliphatic heterocycles. The molecule has 0 aromatic heterocycles. The predicted octanol–water partition coefficient (Wildman–Crippen LogP) is 1.71. The highest BCUT2D eigenvalue weighted by Crippen LogP contribution is 2.14. The molecule has 1 amide bonds. The van der Waals surface area contributed by atoms with E-state index < -0.39 is 0 Å². The van der Waals surface area contributed by atoms with Gasteiger partial charge in [0.15, 0.2) is 0 Å². The van der Waals surface area contributed by atoms with Gasteiger partial charge in [-0.3, -0.25) is 14.6 Å². The maximum absolute atomic E-state index is 12.6. The second kappa shape index (κ2) is 10.1. The quantitative estimate of drug-likeness (QED) is 0.726. The molecule has 0 saturated carbocycles. The monoisotopic (exact) mass is 375 g/mol. The van der Waals surface area contributed by atoms with Gasteiger partial charge in [-0.05, 0) is 26.0 Å². The number of para-hydroxylation sites is 1. The van der Waals surface area contributed by atoms with Crippen molar-refractivity contribution >= 4 is 5.91 Å². The normalized spacial score (nSPS) is 22.2. The minimum atomic E-state index is 0.0333. The minimum absolute atomic E-state index is 0.0333. The molecule has 3 rings (SSSR count). The van der Waals surface area contributed by atoms with Crippen molar-refractivity contribution in [1.82, 2.24) is 14.7 Å². The van der Waals surface area contributed by atoms with Crippen molar-refractivity contribution in [1.29, 1.82) is 0 Å². The Labute approximate surface area is 163 Å². The fraction of sp³-hybridized carbons (Fsp3) is 0.667. The van der Waals surface area contributed by atoms with E-state index >= 15 is 0 Å². The van der Waals surface area contributed by atoms with Gasteiger partial charge in [0.25, 0.3) is 0 Å². The number of carbonyl (C=O) groups is 1. The smallest absolute Gasteiger partial charge is 0.225 e. The standard InChI is InChI=1S/C21H33N3O3/c1-18(2)24-13-15-27-20(17-24)16-21(25)23-10-8-22(9-11-23)12-14-26-19-6-4-3-5-7-19/h3-7,18,20H,8-17H2,1-2H3. The fourth-order valence-corrected chi connectivity index (χ4v) is 3.69. The van der Waals surface area contributed by atoms with E-state index in [1.807, 2.05) is 35.2 Å². The van der Waals surface area contributed by atoms with Gasteiger partial charge in [0.2, 0.25) is 5.91 Å². The fourth-order valence-electron chi connectivity index (χ4n) is 3.69. The molecule has 1 aromatic rings. The van der Waals surface area contributed by atoms with E-state index in [0.29, 0.717) is 19.1 Å². The Hall–Kier alpha value is -1.63.